The highest BCUT2D eigenvalue weighted by molar-refractivity contribution is 6.35. The molecule has 0 unspecified atom stereocenters. The second-order valence-corrected chi connectivity index (χ2v) is 8.83. The quantitative estimate of drug-likeness (QED) is 0.556. The molecule has 0 heterocycles. The molecule has 2 aromatic rings. The number of benzene rings is 2. The van der Waals surface area contributed by atoms with E-state index in [2.05, 4.69) is 5.32 Å². The van der Waals surface area contributed by atoms with E-state index in [4.69, 9.17) is 23.2 Å². The molecule has 0 aliphatic heterocycles. The molecule has 4 nitrogen and oxygen atoms in total. The summed E-state index contributed by atoms with van der Waals surface area (Å²) < 4.78 is 0. The Labute approximate surface area is 189 Å². The molecule has 1 N–H and O–H groups in total. The van der Waals surface area contributed by atoms with Crippen molar-refractivity contribution in [3.8, 4) is 0 Å². The molecule has 6 heteroatoms. The van der Waals surface area contributed by atoms with Gasteiger partial charge in [-0.15, -0.1) is 0 Å². The molecule has 162 valence electrons. The predicted octanol–water partition coefficient (Wildman–Crippen LogP) is 5.42. The Morgan fingerprint density at radius 2 is 1.73 bits per heavy atom. The molecule has 2 amide bonds. The average Bonchev–Trinajstić information content (AvgIpc) is 2.69. The number of hydrogen-bond acceptors (Lipinski definition) is 2. The zero-order chi connectivity index (χ0) is 22.3. The van der Waals surface area contributed by atoms with E-state index in [1.807, 2.05) is 52.0 Å². The van der Waals surface area contributed by atoms with Gasteiger partial charge in [0, 0.05) is 23.1 Å². The van der Waals surface area contributed by atoms with Crippen LogP contribution in [-0.4, -0.2) is 29.3 Å². The molecule has 2 aromatic carbocycles. The minimum Gasteiger partial charge on any atom is -0.354 e. The van der Waals surface area contributed by atoms with Gasteiger partial charge in [-0.25, -0.2) is 0 Å². The molecule has 0 saturated heterocycles. The van der Waals surface area contributed by atoms with Crippen LogP contribution in [0.25, 0.3) is 0 Å². The van der Waals surface area contributed by atoms with Gasteiger partial charge in [0.25, 0.3) is 0 Å². The van der Waals surface area contributed by atoms with Crippen molar-refractivity contribution in [2.24, 2.45) is 5.92 Å². The van der Waals surface area contributed by atoms with Gasteiger partial charge in [-0.05, 0) is 42.5 Å². The van der Waals surface area contributed by atoms with Crippen LogP contribution in [0.4, 0.5) is 0 Å². The van der Waals surface area contributed by atoms with Gasteiger partial charge in [-0.3, -0.25) is 9.59 Å². The van der Waals surface area contributed by atoms with Crippen LogP contribution in [-0.2, 0) is 22.6 Å². The molecule has 0 spiro atoms. The molecule has 0 aliphatic rings. The van der Waals surface area contributed by atoms with Crippen molar-refractivity contribution in [3.05, 3.63) is 69.2 Å². The summed E-state index contributed by atoms with van der Waals surface area (Å²) in [5.41, 5.74) is 2.81. The second kappa shape index (κ2) is 11.4. The summed E-state index contributed by atoms with van der Waals surface area (Å²) in [4.78, 5) is 27.9. The SMILES string of the molecule is CC[C@H](C(=O)NCC(C)C)N(Cc1ccc(C)cc1)C(=O)Cc1ccc(Cl)cc1Cl. The fourth-order valence-corrected chi connectivity index (χ4v) is 3.64. The van der Waals surface area contributed by atoms with Crippen LogP contribution in [0.5, 0.6) is 0 Å². The first-order valence-electron chi connectivity index (χ1n) is 10.3. The standard InChI is InChI=1S/C24H30Cl2N2O2/c1-5-22(24(30)27-14-16(2)3)28(15-18-8-6-17(4)7-9-18)23(29)12-19-10-11-20(25)13-21(19)26/h6-11,13,16,22H,5,12,14-15H2,1-4H3,(H,27,30)/t22-/m1/s1. The van der Waals surface area contributed by atoms with Crippen LogP contribution in [0.1, 0.15) is 43.9 Å². The summed E-state index contributed by atoms with van der Waals surface area (Å²) in [5, 5.41) is 3.94. The Morgan fingerprint density at radius 1 is 1.07 bits per heavy atom. The summed E-state index contributed by atoms with van der Waals surface area (Å²) in [6.45, 7) is 8.95. The second-order valence-electron chi connectivity index (χ2n) is 7.98. The minimum absolute atomic E-state index is 0.107. The molecule has 1 atom stereocenters. The Kier molecular flexibility index (Phi) is 9.19. The number of amides is 2. The van der Waals surface area contributed by atoms with Crippen molar-refractivity contribution >= 4 is 35.0 Å². The molecule has 0 saturated carbocycles. The summed E-state index contributed by atoms with van der Waals surface area (Å²) in [5.74, 6) is 0.0563. The van der Waals surface area contributed by atoms with Gasteiger partial charge in [0.2, 0.25) is 11.8 Å². The lowest BCUT2D eigenvalue weighted by Gasteiger charge is -2.31. The normalized spacial score (nSPS) is 12.0. The lowest BCUT2D eigenvalue weighted by atomic mass is 10.1. The first-order chi connectivity index (χ1) is 14.2. The monoisotopic (exact) mass is 448 g/mol. The van der Waals surface area contributed by atoms with Crippen molar-refractivity contribution in [2.75, 3.05) is 6.54 Å². The maximum atomic E-state index is 13.3. The van der Waals surface area contributed by atoms with Crippen molar-refractivity contribution < 1.29 is 9.59 Å². The van der Waals surface area contributed by atoms with E-state index in [1.165, 1.54) is 0 Å². The number of hydrogen-bond donors (Lipinski definition) is 1. The third kappa shape index (κ3) is 7.03. The zero-order valence-corrected chi connectivity index (χ0v) is 19.6. The highest BCUT2D eigenvalue weighted by atomic mass is 35.5. The van der Waals surface area contributed by atoms with Crippen LogP contribution in [0.15, 0.2) is 42.5 Å². The largest absolute Gasteiger partial charge is 0.354 e. The van der Waals surface area contributed by atoms with E-state index in [9.17, 15) is 9.59 Å². The van der Waals surface area contributed by atoms with Gasteiger partial charge in [-0.1, -0.05) is 79.9 Å². The van der Waals surface area contributed by atoms with Crippen molar-refractivity contribution in [1.82, 2.24) is 10.2 Å². The smallest absolute Gasteiger partial charge is 0.242 e. The van der Waals surface area contributed by atoms with E-state index < -0.39 is 6.04 Å². The van der Waals surface area contributed by atoms with Crippen LogP contribution >= 0.6 is 23.2 Å². The summed E-state index contributed by atoms with van der Waals surface area (Å²) in [6.07, 6.45) is 0.631. The molecular formula is C24H30Cl2N2O2. The summed E-state index contributed by atoms with van der Waals surface area (Å²) >= 11 is 12.3. The highest BCUT2D eigenvalue weighted by Gasteiger charge is 2.29. The maximum absolute atomic E-state index is 13.3. The summed E-state index contributed by atoms with van der Waals surface area (Å²) in [7, 11) is 0. The van der Waals surface area contributed by atoms with E-state index in [1.54, 1.807) is 23.1 Å². The molecule has 2 rings (SSSR count). The number of aryl methyl sites for hydroxylation is 1. The fourth-order valence-electron chi connectivity index (χ4n) is 3.16. The van der Waals surface area contributed by atoms with Crippen molar-refractivity contribution in [2.45, 2.75) is 53.1 Å². The lowest BCUT2D eigenvalue weighted by molar-refractivity contribution is -0.141. The van der Waals surface area contributed by atoms with Gasteiger partial charge >= 0.3 is 0 Å². The zero-order valence-electron chi connectivity index (χ0n) is 18.0. The molecule has 0 aromatic heterocycles. The van der Waals surface area contributed by atoms with Gasteiger partial charge in [0.1, 0.15) is 6.04 Å². The van der Waals surface area contributed by atoms with E-state index in [0.717, 1.165) is 11.1 Å². The van der Waals surface area contributed by atoms with Gasteiger partial charge in [0.05, 0.1) is 6.42 Å². The first-order valence-corrected chi connectivity index (χ1v) is 11.0. The Morgan fingerprint density at radius 3 is 2.30 bits per heavy atom. The molecule has 0 fully saturated rings. The van der Waals surface area contributed by atoms with Crippen LogP contribution in [0.2, 0.25) is 10.0 Å². The topological polar surface area (TPSA) is 49.4 Å². The molecule has 0 bridgehead atoms. The maximum Gasteiger partial charge on any atom is 0.242 e. The van der Waals surface area contributed by atoms with E-state index >= 15 is 0 Å². The minimum atomic E-state index is -0.552. The number of carbonyl (C=O) groups is 2. The van der Waals surface area contributed by atoms with Crippen molar-refractivity contribution in [1.29, 1.82) is 0 Å². The molecular weight excluding hydrogens is 419 g/mol. The third-order valence-electron chi connectivity index (χ3n) is 4.90. The predicted molar refractivity (Wildman–Crippen MR) is 124 cm³/mol. The van der Waals surface area contributed by atoms with Gasteiger partial charge < -0.3 is 10.2 Å². The van der Waals surface area contributed by atoms with Crippen molar-refractivity contribution in [3.63, 3.8) is 0 Å². The number of rotatable bonds is 9. The lowest BCUT2D eigenvalue weighted by Crippen LogP contribution is -2.50. The Bertz CT molecular complexity index is 866. The van der Waals surface area contributed by atoms with Crippen LogP contribution in [0.3, 0.4) is 0 Å². The fraction of sp³-hybridized carbons (Fsp3) is 0.417. The third-order valence-corrected chi connectivity index (χ3v) is 5.49. The molecule has 30 heavy (non-hydrogen) atoms. The molecule has 0 radical (unpaired) electrons. The van der Waals surface area contributed by atoms with E-state index in [-0.39, 0.29) is 18.2 Å². The highest BCUT2D eigenvalue weighted by Crippen LogP contribution is 2.23. The summed E-state index contributed by atoms with van der Waals surface area (Å²) in [6, 6.07) is 12.5. The van der Waals surface area contributed by atoms with Gasteiger partial charge in [-0.2, -0.15) is 0 Å². The Hall–Kier alpha value is -2.04. The number of halogens is 2. The number of nitrogens with zero attached hydrogens (tertiary/aromatic N) is 1. The van der Waals surface area contributed by atoms with Crippen LogP contribution < -0.4 is 5.32 Å². The number of nitrogens with one attached hydrogen (secondary N) is 1. The Balaban J connectivity index is 2.29. The first kappa shape index (κ1) is 24.2. The number of carbonyl (C=O) groups excluding carboxylic acids is 2. The average molecular weight is 449 g/mol. The van der Waals surface area contributed by atoms with Gasteiger partial charge in [0.15, 0.2) is 0 Å². The van der Waals surface area contributed by atoms with E-state index in [0.29, 0.717) is 41.0 Å². The molecule has 0 aliphatic carbocycles. The van der Waals surface area contributed by atoms with Crippen LogP contribution in [0, 0.1) is 12.8 Å².